The highest BCUT2D eigenvalue weighted by molar-refractivity contribution is 8.00. The van der Waals surface area contributed by atoms with E-state index in [0.29, 0.717) is 17.7 Å². The first-order valence-corrected chi connectivity index (χ1v) is 10.9. The van der Waals surface area contributed by atoms with Crippen LogP contribution in [0, 0.1) is 0 Å². The fourth-order valence-electron chi connectivity index (χ4n) is 2.97. The second-order valence-corrected chi connectivity index (χ2v) is 8.99. The van der Waals surface area contributed by atoms with E-state index in [9.17, 15) is 24.3 Å². The number of β-lactam (4-membered cyclic amide) rings is 1. The molecule has 0 saturated carbocycles. The van der Waals surface area contributed by atoms with E-state index in [1.54, 1.807) is 6.92 Å². The molecule has 0 bridgehead atoms. The quantitative estimate of drug-likeness (QED) is 0.225. The number of carbonyl (C=O) groups excluding carboxylic acids is 2. The number of hydrogen-bond acceptors (Lipinski definition) is 10. The van der Waals surface area contributed by atoms with Gasteiger partial charge in [0.1, 0.15) is 27.1 Å². The largest absolute Gasteiger partial charge is 0.479 e. The van der Waals surface area contributed by atoms with Crippen LogP contribution < -0.4 is 11.1 Å². The molecule has 0 radical (unpaired) electrons. The molecular weight excluding hydrogens is 474 g/mol. The normalized spacial score (nSPS) is 20.8. The molecule has 2 aliphatic rings. The molecule has 31 heavy (non-hydrogen) atoms. The average Bonchev–Trinajstić information content (AvgIpc) is 3.05. The summed E-state index contributed by atoms with van der Waals surface area (Å²) in [7, 11) is 0. The van der Waals surface area contributed by atoms with E-state index in [2.05, 4.69) is 20.3 Å². The van der Waals surface area contributed by atoms with Gasteiger partial charge in [-0.15, -0.1) is 11.8 Å². The van der Waals surface area contributed by atoms with Crippen molar-refractivity contribution in [3.05, 3.63) is 21.3 Å². The second kappa shape index (κ2) is 9.11. The molecule has 0 aromatic carbocycles. The molecule has 2 unspecified atom stereocenters. The Morgan fingerprint density at radius 2 is 2.13 bits per heavy atom. The van der Waals surface area contributed by atoms with Gasteiger partial charge in [-0.3, -0.25) is 14.5 Å². The predicted molar refractivity (Wildman–Crippen MR) is 112 cm³/mol. The van der Waals surface area contributed by atoms with Crippen LogP contribution in [-0.2, 0) is 24.0 Å². The molecule has 2 aliphatic heterocycles. The zero-order chi connectivity index (χ0) is 22.9. The number of carbonyl (C=O) groups is 4. The molecule has 0 spiro atoms. The van der Waals surface area contributed by atoms with Crippen molar-refractivity contribution >= 4 is 69.3 Å². The molecule has 5 N–H and O–H groups in total. The fraction of sp³-hybridized carbons (Fsp3) is 0.375. The molecule has 2 atom stereocenters. The predicted octanol–water partition coefficient (Wildman–Crippen LogP) is 0.333. The van der Waals surface area contributed by atoms with Crippen molar-refractivity contribution in [1.29, 1.82) is 0 Å². The van der Waals surface area contributed by atoms with Crippen LogP contribution in [-0.4, -0.2) is 73.3 Å². The zero-order valence-corrected chi connectivity index (χ0v) is 18.2. The number of fused-ring (bicyclic) bond motifs is 1. The van der Waals surface area contributed by atoms with Gasteiger partial charge in [0.2, 0.25) is 6.61 Å². The van der Waals surface area contributed by atoms with Gasteiger partial charge in [0.05, 0.1) is 0 Å². The van der Waals surface area contributed by atoms with Crippen molar-refractivity contribution in [2.24, 2.45) is 5.16 Å². The van der Waals surface area contributed by atoms with Crippen molar-refractivity contribution in [3.63, 3.8) is 0 Å². The smallest absolute Gasteiger partial charge is 0.352 e. The zero-order valence-electron chi connectivity index (χ0n) is 15.8. The van der Waals surface area contributed by atoms with Gasteiger partial charge in [0, 0.05) is 5.75 Å². The summed E-state index contributed by atoms with van der Waals surface area (Å²) in [6.45, 7) is 0.973. The summed E-state index contributed by atoms with van der Waals surface area (Å²) in [6.07, 6.45) is 0.476. The lowest BCUT2D eigenvalue weighted by Crippen LogP contribution is -2.71. The van der Waals surface area contributed by atoms with Gasteiger partial charge in [-0.1, -0.05) is 35.0 Å². The SMILES string of the molecule is CCC1=C(C(=O)O)N2C(=O)C(NC(=O)/C(=N\OCC(=O)O)c3nc(N)sc3Cl)C2SC1. The van der Waals surface area contributed by atoms with E-state index in [-0.39, 0.29) is 20.9 Å². The lowest BCUT2D eigenvalue weighted by Gasteiger charge is -2.49. The maximum Gasteiger partial charge on any atom is 0.352 e. The second-order valence-electron chi connectivity index (χ2n) is 6.25. The Labute approximate surface area is 188 Å². The molecule has 12 nitrogen and oxygen atoms in total. The number of hydrogen-bond donors (Lipinski definition) is 4. The van der Waals surface area contributed by atoms with Crippen LogP contribution in [0.2, 0.25) is 4.34 Å². The highest BCUT2D eigenvalue weighted by Gasteiger charge is 2.54. The van der Waals surface area contributed by atoms with E-state index in [1.807, 2.05) is 0 Å². The first-order chi connectivity index (χ1) is 14.6. The van der Waals surface area contributed by atoms with Crippen molar-refractivity contribution in [3.8, 4) is 0 Å². The summed E-state index contributed by atoms with van der Waals surface area (Å²) in [5.41, 5.74) is 5.54. The standard InChI is InChI=1S/C16H16ClN5O7S2/c1-2-5-4-30-14-9(13(26)22(14)10(5)15(27)28)19-12(25)8(21-29-3-6(23)24)7-11(17)31-16(18)20-7/h9,14H,2-4H2,1H3,(H2,18,20)(H,19,25)(H,23,24)(H,27,28)/b21-8-. The van der Waals surface area contributed by atoms with E-state index >= 15 is 0 Å². The van der Waals surface area contributed by atoms with Crippen LogP contribution in [0.1, 0.15) is 19.0 Å². The van der Waals surface area contributed by atoms with Crippen molar-refractivity contribution in [1.82, 2.24) is 15.2 Å². The summed E-state index contributed by atoms with van der Waals surface area (Å²) in [4.78, 5) is 57.4. The number of aromatic nitrogens is 1. The first-order valence-electron chi connectivity index (χ1n) is 8.70. The number of nitrogen functional groups attached to an aromatic ring is 1. The van der Waals surface area contributed by atoms with E-state index < -0.39 is 47.5 Å². The van der Waals surface area contributed by atoms with Crippen molar-refractivity contribution in [2.75, 3.05) is 18.1 Å². The molecule has 3 rings (SSSR count). The van der Waals surface area contributed by atoms with Gasteiger partial charge in [-0.2, -0.15) is 0 Å². The third-order valence-corrected chi connectivity index (χ3v) is 6.77. The average molecular weight is 490 g/mol. The maximum absolute atomic E-state index is 12.8. The Balaban J connectivity index is 1.82. The number of aliphatic carboxylic acids is 2. The number of thioether (sulfide) groups is 1. The highest BCUT2D eigenvalue weighted by Crippen LogP contribution is 2.41. The third-order valence-electron chi connectivity index (χ3n) is 4.35. The van der Waals surface area contributed by atoms with Gasteiger partial charge in [0.15, 0.2) is 10.8 Å². The minimum absolute atomic E-state index is 0.0163. The summed E-state index contributed by atoms with van der Waals surface area (Å²) < 4.78 is 0.0163. The fourth-order valence-corrected chi connectivity index (χ4v) is 5.35. The Bertz CT molecular complexity index is 1020. The molecule has 1 fully saturated rings. The number of anilines is 1. The van der Waals surface area contributed by atoms with Crippen LogP contribution in [0.15, 0.2) is 16.4 Å². The summed E-state index contributed by atoms with van der Waals surface area (Å²) in [6, 6.07) is -1.02. The van der Waals surface area contributed by atoms with Gasteiger partial charge in [-0.25, -0.2) is 14.6 Å². The minimum atomic E-state index is -1.32. The number of halogens is 1. The van der Waals surface area contributed by atoms with Crippen LogP contribution in [0.3, 0.4) is 0 Å². The Hall–Kier alpha value is -2.84. The number of carboxylic acids is 2. The number of amides is 2. The number of rotatable bonds is 8. The number of nitrogens with zero attached hydrogens (tertiary/aromatic N) is 3. The van der Waals surface area contributed by atoms with Crippen LogP contribution in [0.25, 0.3) is 0 Å². The third kappa shape index (κ3) is 4.45. The summed E-state index contributed by atoms with van der Waals surface area (Å²) in [5, 5.41) is 23.6. The summed E-state index contributed by atoms with van der Waals surface area (Å²) >= 11 is 8.21. The number of nitrogens with two attached hydrogens (primary N) is 1. The maximum atomic E-state index is 12.8. The molecule has 3 heterocycles. The number of nitrogens with one attached hydrogen (secondary N) is 1. The highest BCUT2D eigenvalue weighted by atomic mass is 35.5. The van der Waals surface area contributed by atoms with Gasteiger partial charge < -0.3 is 26.1 Å². The van der Waals surface area contributed by atoms with Crippen molar-refractivity contribution in [2.45, 2.75) is 24.8 Å². The van der Waals surface area contributed by atoms with Gasteiger partial charge in [0.25, 0.3) is 11.8 Å². The van der Waals surface area contributed by atoms with E-state index in [0.717, 1.165) is 16.2 Å². The van der Waals surface area contributed by atoms with Gasteiger partial charge in [-0.05, 0) is 12.0 Å². The molecule has 2 amide bonds. The monoisotopic (exact) mass is 489 g/mol. The first kappa shape index (κ1) is 22.8. The topological polar surface area (TPSA) is 185 Å². The van der Waals surface area contributed by atoms with Crippen LogP contribution in [0.4, 0.5) is 5.13 Å². The van der Waals surface area contributed by atoms with E-state index in [4.69, 9.17) is 22.4 Å². The number of thiazole rings is 1. The Kier molecular flexibility index (Phi) is 6.71. The number of carboxylic acid groups (broad SMARTS) is 2. The van der Waals surface area contributed by atoms with Crippen molar-refractivity contribution < 1.29 is 34.2 Å². The minimum Gasteiger partial charge on any atom is -0.479 e. The molecular formula is C16H16ClN5O7S2. The van der Waals surface area contributed by atoms with E-state index in [1.165, 1.54) is 11.8 Å². The molecule has 1 saturated heterocycles. The Morgan fingerprint density at radius 3 is 2.68 bits per heavy atom. The molecule has 15 heteroatoms. The summed E-state index contributed by atoms with van der Waals surface area (Å²) in [5.74, 6) is -3.64. The van der Waals surface area contributed by atoms with Crippen LogP contribution >= 0.6 is 34.7 Å². The molecule has 1 aromatic rings. The lowest BCUT2D eigenvalue weighted by molar-refractivity contribution is -0.150. The molecule has 0 aliphatic carbocycles. The molecule has 166 valence electrons. The molecule has 1 aromatic heterocycles. The van der Waals surface area contributed by atoms with Gasteiger partial charge >= 0.3 is 11.9 Å². The number of oxime groups is 1. The lowest BCUT2D eigenvalue weighted by atomic mass is 10.0. The van der Waals surface area contributed by atoms with Crippen LogP contribution in [0.5, 0.6) is 0 Å². The Morgan fingerprint density at radius 1 is 1.42 bits per heavy atom.